The number of hydrogen-bond donors (Lipinski definition) is 1. The molecular formula is C20H29NO. The quantitative estimate of drug-likeness (QED) is 0.850. The third-order valence-electron chi connectivity index (χ3n) is 5.56. The molecular weight excluding hydrogens is 270 g/mol. The Balaban J connectivity index is 1.41. The first-order valence-electron chi connectivity index (χ1n) is 9.15. The molecule has 2 aliphatic rings. The van der Waals surface area contributed by atoms with Gasteiger partial charge in [-0.25, -0.2) is 0 Å². The maximum atomic E-state index is 12.2. The van der Waals surface area contributed by atoms with Gasteiger partial charge in [0.25, 0.3) is 0 Å². The summed E-state index contributed by atoms with van der Waals surface area (Å²) in [6.45, 7) is 0. The number of hydrogen-bond acceptors (Lipinski definition) is 1. The van der Waals surface area contributed by atoms with E-state index >= 15 is 0 Å². The zero-order valence-electron chi connectivity index (χ0n) is 13.6. The average Bonchev–Trinajstić information content (AvgIpc) is 2.57. The van der Waals surface area contributed by atoms with Crippen LogP contribution in [0.2, 0.25) is 0 Å². The second kappa shape index (κ2) is 7.80. The topological polar surface area (TPSA) is 29.1 Å². The molecule has 0 heterocycles. The molecule has 1 aromatic rings. The fourth-order valence-electron chi connectivity index (χ4n) is 4.22. The van der Waals surface area contributed by atoms with E-state index in [1.54, 1.807) is 0 Å². The minimum Gasteiger partial charge on any atom is -0.353 e. The molecule has 3 rings (SSSR count). The van der Waals surface area contributed by atoms with Crippen LogP contribution in [0.3, 0.4) is 0 Å². The molecule has 0 bridgehead atoms. The summed E-state index contributed by atoms with van der Waals surface area (Å²) < 4.78 is 0. The fourth-order valence-corrected chi connectivity index (χ4v) is 4.22. The van der Waals surface area contributed by atoms with Crippen molar-refractivity contribution < 1.29 is 4.79 Å². The molecule has 2 fully saturated rings. The van der Waals surface area contributed by atoms with E-state index in [0.29, 0.717) is 23.8 Å². The van der Waals surface area contributed by atoms with Gasteiger partial charge in [-0.1, -0.05) is 49.6 Å². The lowest BCUT2D eigenvalue weighted by atomic mass is 9.77. The molecule has 0 atom stereocenters. The van der Waals surface area contributed by atoms with E-state index in [1.807, 2.05) is 0 Å². The molecule has 1 amide bonds. The number of benzene rings is 1. The van der Waals surface area contributed by atoms with Crippen molar-refractivity contribution in [2.24, 2.45) is 5.92 Å². The van der Waals surface area contributed by atoms with Crippen LogP contribution in [0.25, 0.3) is 0 Å². The monoisotopic (exact) mass is 299 g/mol. The lowest BCUT2D eigenvalue weighted by Gasteiger charge is -2.29. The van der Waals surface area contributed by atoms with Gasteiger partial charge in [-0.3, -0.25) is 4.79 Å². The van der Waals surface area contributed by atoms with Gasteiger partial charge in [-0.2, -0.15) is 0 Å². The molecule has 0 radical (unpaired) electrons. The van der Waals surface area contributed by atoms with Crippen molar-refractivity contribution in [3.05, 3.63) is 35.9 Å². The normalized spacial score (nSPS) is 26.5. The Morgan fingerprint density at radius 3 is 2.27 bits per heavy atom. The molecule has 120 valence electrons. The highest BCUT2D eigenvalue weighted by Gasteiger charge is 2.25. The first-order valence-corrected chi connectivity index (χ1v) is 9.15. The maximum Gasteiger partial charge on any atom is 0.220 e. The first kappa shape index (κ1) is 15.6. The minimum absolute atomic E-state index is 0.301. The minimum atomic E-state index is 0.301. The van der Waals surface area contributed by atoms with Crippen LogP contribution in [0.1, 0.15) is 75.7 Å². The van der Waals surface area contributed by atoms with Crippen molar-refractivity contribution in [3.8, 4) is 0 Å². The summed E-state index contributed by atoms with van der Waals surface area (Å²) in [5.74, 6) is 1.61. The van der Waals surface area contributed by atoms with Crippen molar-refractivity contribution in [2.75, 3.05) is 0 Å². The van der Waals surface area contributed by atoms with Crippen LogP contribution in [0, 0.1) is 5.92 Å². The van der Waals surface area contributed by atoms with E-state index in [4.69, 9.17) is 0 Å². The largest absolute Gasteiger partial charge is 0.353 e. The van der Waals surface area contributed by atoms with Crippen LogP contribution in [0.15, 0.2) is 30.3 Å². The van der Waals surface area contributed by atoms with Gasteiger partial charge in [0.2, 0.25) is 5.91 Å². The Labute approximate surface area is 134 Å². The fraction of sp³-hybridized carbons (Fsp3) is 0.650. The molecule has 2 saturated carbocycles. The Hall–Kier alpha value is -1.31. The maximum absolute atomic E-state index is 12.2. The molecule has 0 spiro atoms. The Morgan fingerprint density at radius 1 is 0.909 bits per heavy atom. The lowest BCUT2D eigenvalue weighted by Crippen LogP contribution is -2.37. The highest BCUT2D eigenvalue weighted by molar-refractivity contribution is 5.76. The highest BCUT2D eigenvalue weighted by atomic mass is 16.1. The van der Waals surface area contributed by atoms with Gasteiger partial charge in [0, 0.05) is 12.5 Å². The highest BCUT2D eigenvalue weighted by Crippen LogP contribution is 2.36. The smallest absolute Gasteiger partial charge is 0.220 e. The molecule has 2 heteroatoms. The Morgan fingerprint density at radius 2 is 1.59 bits per heavy atom. The molecule has 0 aliphatic heterocycles. The molecule has 2 aliphatic carbocycles. The first-order chi connectivity index (χ1) is 10.8. The summed E-state index contributed by atoms with van der Waals surface area (Å²) in [4.78, 5) is 12.2. The third-order valence-corrected chi connectivity index (χ3v) is 5.56. The molecule has 0 aromatic heterocycles. The summed E-state index contributed by atoms with van der Waals surface area (Å²) in [5, 5.41) is 3.27. The standard InChI is InChI=1S/C20H29NO/c22-20(21-19-9-5-2-6-10-19)15-16-11-13-18(14-12-16)17-7-3-1-4-8-17/h1,3-4,7-8,16,18-19H,2,5-6,9-15H2,(H,21,22). The van der Waals surface area contributed by atoms with Crippen LogP contribution in [-0.2, 0) is 4.79 Å². The molecule has 0 saturated heterocycles. The number of rotatable bonds is 4. The molecule has 0 unspecified atom stereocenters. The van der Waals surface area contributed by atoms with Crippen LogP contribution in [0.5, 0.6) is 0 Å². The zero-order chi connectivity index (χ0) is 15.2. The summed E-state index contributed by atoms with van der Waals surface area (Å²) >= 11 is 0. The number of carbonyl (C=O) groups excluding carboxylic acids is 1. The molecule has 1 aromatic carbocycles. The number of amides is 1. The molecule has 22 heavy (non-hydrogen) atoms. The van der Waals surface area contributed by atoms with Crippen LogP contribution < -0.4 is 5.32 Å². The van der Waals surface area contributed by atoms with Crippen molar-refractivity contribution in [3.63, 3.8) is 0 Å². The van der Waals surface area contributed by atoms with Crippen molar-refractivity contribution >= 4 is 5.91 Å². The second-order valence-corrected chi connectivity index (χ2v) is 7.23. The predicted octanol–water partition coefficient (Wildman–Crippen LogP) is 4.80. The van der Waals surface area contributed by atoms with Gasteiger partial charge in [0.15, 0.2) is 0 Å². The van der Waals surface area contributed by atoms with Crippen molar-refractivity contribution in [2.45, 2.75) is 76.2 Å². The van der Waals surface area contributed by atoms with Crippen LogP contribution >= 0.6 is 0 Å². The van der Waals surface area contributed by atoms with E-state index in [0.717, 1.165) is 6.42 Å². The Bertz CT molecular complexity index is 456. The second-order valence-electron chi connectivity index (χ2n) is 7.23. The van der Waals surface area contributed by atoms with Gasteiger partial charge in [-0.05, 0) is 55.9 Å². The number of carbonyl (C=O) groups is 1. The van der Waals surface area contributed by atoms with E-state index in [1.165, 1.54) is 63.4 Å². The number of nitrogens with one attached hydrogen (secondary N) is 1. The van der Waals surface area contributed by atoms with Gasteiger partial charge >= 0.3 is 0 Å². The van der Waals surface area contributed by atoms with Gasteiger partial charge in [-0.15, -0.1) is 0 Å². The predicted molar refractivity (Wildman–Crippen MR) is 90.8 cm³/mol. The van der Waals surface area contributed by atoms with Crippen LogP contribution in [0.4, 0.5) is 0 Å². The molecule has 1 N–H and O–H groups in total. The van der Waals surface area contributed by atoms with E-state index in [9.17, 15) is 4.79 Å². The average molecular weight is 299 g/mol. The zero-order valence-corrected chi connectivity index (χ0v) is 13.6. The third kappa shape index (κ3) is 4.34. The van der Waals surface area contributed by atoms with Crippen molar-refractivity contribution in [1.29, 1.82) is 0 Å². The summed E-state index contributed by atoms with van der Waals surface area (Å²) in [7, 11) is 0. The van der Waals surface area contributed by atoms with E-state index in [-0.39, 0.29) is 0 Å². The van der Waals surface area contributed by atoms with Gasteiger partial charge in [0.05, 0.1) is 0 Å². The van der Waals surface area contributed by atoms with Crippen LogP contribution in [-0.4, -0.2) is 11.9 Å². The Kier molecular flexibility index (Phi) is 5.53. The molecule has 2 nitrogen and oxygen atoms in total. The summed E-state index contributed by atoms with van der Waals surface area (Å²) in [5.41, 5.74) is 1.48. The SMILES string of the molecule is O=C(CC1CCC(c2ccccc2)CC1)NC1CCCCC1. The summed E-state index contributed by atoms with van der Waals surface area (Å²) in [6, 6.07) is 11.3. The summed E-state index contributed by atoms with van der Waals surface area (Å²) in [6.07, 6.45) is 11.9. The van der Waals surface area contributed by atoms with Gasteiger partial charge in [0.1, 0.15) is 0 Å². The van der Waals surface area contributed by atoms with Crippen molar-refractivity contribution in [1.82, 2.24) is 5.32 Å². The lowest BCUT2D eigenvalue weighted by molar-refractivity contribution is -0.123. The van der Waals surface area contributed by atoms with E-state index < -0.39 is 0 Å². The van der Waals surface area contributed by atoms with E-state index in [2.05, 4.69) is 35.6 Å². The van der Waals surface area contributed by atoms with Gasteiger partial charge < -0.3 is 5.32 Å².